The molecule has 0 aliphatic rings. The van der Waals surface area contributed by atoms with Crippen LogP contribution in [0.25, 0.3) is 0 Å². The summed E-state index contributed by atoms with van der Waals surface area (Å²) in [5, 5.41) is 0. The number of allylic oxidation sites excluding steroid dienone is 2. The zero-order chi connectivity index (χ0) is 9.23. The van der Waals surface area contributed by atoms with Gasteiger partial charge in [-0.05, 0) is 26.8 Å². The summed E-state index contributed by atoms with van der Waals surface area (Å²) in [7, 11) is -0.239. The first-order chi connectivity index (χ1) is 5.85. The summed E-state index contributed by atoms with van der Waals surface area (Å²) >= 11 is 0. The Morgan fingerprint density at radius 1 is 1.25 bits per heavy atom. The third-order valence-electron chi connectivity index (χ3n) is 1.51. The van der Waals surface area contributed by atoms with Crippen molar-refractivity contribution in [2.24, 2.45) is 0 Å². The van der Waals surface area contributed by atoms with Crippen LogP contribution in [0.4, 0.5) is 0 Å². The average Bonchev–Trinajstić information content (AvgIpc) is 2.06. The molecule has 12 heavy (non-hydrogen) atoms. The van der Waals surface area contributed by atoms with Gasteiger partial charge in [-0.1, -0.05) is 12.2 Å². The standard InChI is InChI=1S/C9H20O2Si/c1-4-7-8-12-9(10-5-2)11-6-3/h4,7,9H,5-6,8,12H2,1-3H3. The van der Waals surface area contributed by atoms with Gasteiger partial charge in [-0.25, -0.2) is 0 Å². The quantitative estimate of drug-likeness (QED) is 0.342. The highest BCUT2D eigenvalue weighted by atomic mass is 28.2. The van der Waals surface area contributed by atoms with Crippen LogP contribution in [0, 0.1) is 0 Å². The molecule has 0 spiro atoms. The maximum absolute atomic E-state index is 5.43. The Bertz CT molecular complexity index is 109. The lowest BCUT2D eigenvalue weighted by molar-refractivity contribution is -0.0825. The lowest BCUT2D eigenvalue weighted by atomic mass is 10.6. The lowest BCUT2D eigenvalue weighted by Gasteiger charge is -2.15. The maximum Gasteiger partial charge on any atom is 0.135 e. The van der Waals surface area contributed by atoms with Gasteiger partial charge in [0.05, 0.1) is 9.52 Å². The molecule has 0 aromatic rings. The molecule has 0 aromatic heterocycles. The Hall–Kier alpha value is -0.123. The highest BCUT2D eigenvalue weighted by Crippen LogP contribution is 1.96. The summed E-state index contributed by atoms with van der Waals surface area (Å²) in [6.07, 6.45) is 4.28. The van der Waals surface area contributed by atoms with Crippen molar-refractivity contribution in [1.82, 2.24) is 0 Å². The van der Waals surface area contributed by atoms with Gasteiger partial charge in [-0.3, -0.25) is 0 Å². The van der Waals surface area contributed by atoms with Crippen LogP contribution in [-0.4, -0.2) is 28.6 Å². The summed E-state index contributed by atoms with van der Waals surface area (Å²) in [5.41, 5.74) is 0. The van der Waals surface area contributed by atoms with Crippen molar-refractivity contribution in [3.63, 3.8) is 0 Å². The van der Waals surface area contributed by atoms with Crippen molar-refractivity contribution in [2.45, 2.75) is 32.7 Å². The highest BCUT2D eigenvalue weighted by Gasteiger charge is 2.05. The second kappa shape index (κ2) is 8.97. The summed E-state index contributed by atoms with van der Waals surface area (Å²) in [6, 6.07) is 1.17. The van der Waals surface area contributed by atoms with E-state index in [0.717, 1.165) is 13.2 Å². The van der Waals surface area contributed by atoms with Crippen molar-refractivity contribution in [3.8, 4) is 0 Å². The molecule has 0 rings (SSSR count). The molecule has 0 aromatic carbocycles. The van der Waals surface area contributed by atoms with E-state index in [1.54, 1.807) is 0 Å². The molecular weight excluding hydrogens is 168 g/mol. The molecule has 0 heterocycles. The topological polar surface area (TPSA) is 18.5 Å². The third-order valence-corrected chi connectivity index (χ3v) is 3.12. The molecule has 0 unspecified atom stereocenters. The van der Waals surface area contributed by atoms with Crippen molar-refractivity contribution >= 4 is 9.52 Å². The van der Waals surface area contributed by atoms with Crippen LogP contribution in [0.2, 0.25) is 6.04 Å². The Labute approximate surface area is 77.8 Å². The second-order valence-corrected chi connectivity index (χ2v) is 4.31. The van der Waals surface area contributed by atoms with Crippen molar-refractivity contribution in [3.05, 3.63) is 12.2 Å². The van der Waals surface area contributed by atoms with Gasteiger partial charge < -0.3 is 9.47 Å². The van der Waals surface area contributed by atoms with Crippen LogP contribution in [-0.2, 0) is 9.47 Å². The van der Waals surface area contributed by atoms with E-state index >= 15 is 0 Å². The Kier molecular flexibility index (Phi) is 8.88. The van der Waals surface area contributed by atoms with Crippen LogP contribution in [0.1, 0.15) is 20.8 Å². The maximum atomic E-state index is 5.43. The third kappa shape index (κ3) is 6.58. The van der Waals surface area contributed by atoms with Gasteiger partial charge in [0.25, 0.3) is 0 Å². The van der Waals surface area contributed by atoms with E-state index in [-0.39, 0.29) is 15.4 Å². The van der Waals surface area contributed by atoms with E-state index in [1.807, 2.05) is 20.8 Å². The van der Waals surface area contributed by atoms with Gasteiger partial charge in [0.2, 0.25) is 0 Å². The van der Waals surface area contributed by atoms with Crippen LogP contribution >= 0.6 is 0 Å². The van der Waals surface area contributed by atoms with E-state index < -0.39 is 0 Å². The molecular formula is C9H20O2Si. The minimum atomic E-state index is -0.239. The molecule has 0 atom stereocenters. The normalized spacial score (nSPS) is 12.7. The Morgan fingerprint density at radius 3 is 2.25 bits per heavy atom. The monoisotopic (exact) mass is 188 g/mol. The lowest BCUT2D eigenvalue weighted by Crippen LogP contribution is -2.24. The minimum absolute atomic E-state index is 0.121. The van der Waals surface area contributed by atoms with E-state index in [0.29, 0.717) is 0 Å². The predicted octanol–water partition coefficient (Wildman–Crippen LogP) is 1.51. The largest absolute Gasteiger partial charge is 0.357 e. The molecule has 0 N–H and O–H groups in total. The van der Waals surface area contributed by atoms with Crippen LogP contribution < -0.4 is 0 Å². The Balaban J connectivity index is 3.47. The Morgan fingerprint density at radius 2 is 1.83 bits per heavy atom. The molecule has 0 bridgehead atoms. The molecule has 0 saturated carbocycles. The summed E-state index contributed by atoms with van der Waals surface area (Å²) in [6.45, 7) is 7.58. The SMILES string of the molecule is CC=CC[SiH2]C(OCC)OCC. The van der Waals surface area contributed by atoms with Crippen molar-refractivity contribution in [2.75, 3.05) is 13.2 Å². The van der Waals surface area contributed by atoms with Gasteiger partial charge in [-0.2, -0.15) is 0 Å². The van der Waals surface area contributed by atoms with Gasteiger partial charge in [0.15, 0.2) is 0 Å². The fourth-order valence-electron chi connectivity index (χ4n) is 0.986. The molecule has 0 fully saturated rings. The predicted molar refractivity (Wildman–Crippen MR) is 55.2 cm³/mol. The first-order valence-corrected chi connectivity index (χ1v) is 6.51. The van der Waals surface area contributed by atoms with Gasteiger partial charge in [-0.15, -0.1) is 0 Å². The minimum Gasteiger partial charge on any atom is -0.357 e. The van der Waals surface area contributed by atoms with Gasteiger partial charge in [0.1, 0.15) is 5.91 Å². The molecule has 2 nitrogen and oxygen atoms in total. The molecule has 0 amide bonds. The van der Waals surface area contributed by atoms with Gasteiger partial charge >= 0.3 is 0 Å². The molecule has 3 heteroatoms. The van der Waals surface area contributed by atoms with Crippen LogP contribution in [0.5, 0.6) is 0 Å². The van der Waals surface area contributed by atoms with E-state index in [4.69, 9.17) is 9.47 Å². The smallest absolute Gasteiger partial charge is 0.135 e. The second-order valence-electron chi connectivity index (χ2n) is 2.49. The molecule has 0 saturated heterocycles. The first-order valence-electron chi connectivity index (χ1n) is 4.69. The number of hydrogen-bond donors (Lipinski definition) is 0. The van der Waals surface area contributed by atoms with E-state index in [9.17, 15) is 0 Å². The molecule has 0 radical (unpaired) electrons. The van der Waals surface area contributed by atoms with Crippen molar-refractivity contribution < 1.29 is 9.47 Å². The zero-order valence-electron chi connectivity index (χ0n) is 8.38. The number of ether oxygens (including phenoxy) is 2. The summed E-state index contributed by atoms with van der Waals surface area (Å²) < 4.78 is 10.9. The molecule has 72 valence electrons. The molecule has 0 aliphatic heterocycles. The zero-order valence-corrected chi connectivity index (χ0v) is 9.79. The van der Waals surface area contributed by atoms with E-state index in [1.165, 1.54) is 6.04 Å². The summed E-state index contributed by atoms with van der Waals surface area (Å²) in [5.74, 6) is 0.121. The summed E-state index contributed by atoms with van der Waals surface area (Å²) in [4.78, 5) is 0. The van der Waals surface area contributed by atoms with Crippen molar-refractivity contribution in [1.29, 1.82) is 0 Å². The molecule has 0 aliphatic carbocycles. The average molecular weight is 188 g/mol. The fourth-order valence-corrected chi connectivity index (χ4v) is 2.59. The van der Waals surface area contributed by atoms with E-state index in [2.05, 4.69) is 12.2 Å². The first kappa shape index (κ1) is 11.9. The van der Waals surface area contributed by atoms with Gasteiger partial charge in [0, 0.05) is 13.2 Å². The highest BCUT2D eigenvalue weighted by molar-refractivity contribution is 6.37. The van der Waals surface area contributed by atoms with Crippen LogP contribution in [0.3, 0.4) is 0 Å². The number of hydrogen-bond acceptors (Lipinski definition) is 2. The van der Waals surface area contributed by atoms with Crippen LogP contribution in [0.15, 0.2) is 12.2 Å². The fraction of sp³-hybridized carbons (Fsp3) is 0.778. The number of rotatable bonds is 7.